The first kappa shape index (κ1) is 21.2. The summed E-state index contributed by atoms with van der Waals surface area (Å²) in [5.41, 5.74) is -0.823. The predicted octanol–water partition coefficient (Wildman–Crippen LogP) is 2.81. The van der Waals surface area contributed by atoms with Gasteiger partial charge in [-0.1, -0.05) is 6.07 Å². The fraction of sp³-hybridized carbons (Fsp3) is 0.389. The number of nitrogens with zero attached hydrogens (tertiary/aromatic N) is 2. The maximum Gasteiger partial charge on any atom is 0.417 e. The number of benzene rings is 1. The third-order valence-corrected chi connectivity index (χ3v) is 7.26. The maximum absolute atomic E-state index is 13.7. The molecule has 1 aromatic heterocycles. The second-order valence-electron chi connectivity index (χ2n) is 6.70. The van der Waals surface area contributed by atoms with Gasteiger partial charge < -0.3 is 9.84 Å². The fourth-order valence-electron chi connectivity index (χ4n) is 3.55. The third kappa shape index (κ3) is 4.10. The van der Waals surface area contributed by atoms with E-state index < -0.39 is 49.7 Å². The number of carbonyl (C=O) groups is 1. The SMILES string of the molecule is CO[C@H]1C[C@@H](S(=O)(=O)c2ccc(-c3ccnnc3)cc2C(F)(F)F)C[C@@H]1C(=O)O. The van der Waals surface area contributed by atoms with Crippen LogP contribution in [0.1, 0.15) is 18.4 Å². The average Bonchev–Trinajstić information content (AvgIpc) is 3.13. The van der Waals surface area contributed by atoms with Gasteiger partial charge in [0.1, 0.15) is 0 Å². The van der Waals surface area contributed by atoms with E-state index in [9.17, 15) is 31.5 Å². The van der Waals surface area contributed by atoms with Crippen LogP contribution in [0.15, 0.2) is 41.6 Å². The van der Waals surface area contributed by atoms with Gasteiger partial charge in [0.2, 0.25) is 0 Å². The van der Waals surface area contributed by atoms with Gasteiger partial charge in [-0.25, -0.2) is 8.42 Å². The second kappa shape index (κ2) is 7.71. The van der Waals surface area contributed by atoms with Crippen molar-refractivity contribution in [1.82, 2.24) is 10.2 Å². The van der Waals surface area contributed by atoms with Crippen LogP contribution in [0.25, 0.3) is 11.1 Å². The molecule has 1 aliphatic carbocycles. The summed E-state index contributed by atoms with van der Waals surface area (Å²) in [6.07, 6.45) is -3.75. The summed E-state index contributed by atoms with van der Waals surface area (Å²) in [6, 6.07) is 4.37. The molecule has 0 aliphatic heterocycles. The van der Waals surface area contributed by atoms with E-state index in [4.69, 9.17) is 4.74 Å². The number of halogens is 3. The van der Waals surface area contributed by atoms with Crippen LogP contribution in [-0.2, 0) is 25.5 Å². The van der Waals surface area contributed by atoms with Crippen molar-refractivity contribution in [3.8, 4) is 11.1 Å². The maximum atomic E-state index is 13.7. The van der Waals surface area contributed by atoms with Gasteiger partial charge in [0.05, 0.1) is 40.1 Å². The van der Waals surface area contributed by atoms with Crippen molar-refractivity contribution >= 4 is 15.8 Å². The van der Waals surface area contributed by atoms with E-state index in [0.29, 0.717) is 5.56 Å². The van der Waals surface area contributed by atoms with Crippen LogP contribution >= 0.6 is 0 Å². The van der Waals surface area contributed by atoms with Crippen molar-refractivity contribution < 1.29 is 36.2 Å². The number of ether oxygens (including phenoxy) is 1. The Bertz CT molecular complexity index is 1010. The summed E-state index contributed by atoms with van der Waals surface area (Å²) >= 11 is 0. The molecule has 7 nitrogen and oxygen atoms in total. The summed E-state index contributed by atoms with van der Waals surface area (Å²) in [7, 11) is -3.21. The number of methoxy groups -OCH3 is 1. The van der Waals surface area contributed by atoms with Crippen molar-refractivity contribution in [3.63, 3.8) is 0 Å². The highest BCUT2D eigenvalue weighted by Gasteiger charge is 2.47. The molecule has 1 fully saturated rings. The molecule has 0 spiro atoms. The van der Waals surface area contributed by atoms with Gasteiger partial charge in [0, 0.05) is 12.7 Å². The van der Waals surface area contributed by atoms with Gasteiger partial charge in [-0.15, -0.1) is 0 Å². The number of sulfone groups is 1. The molecule has 0 unspecified atom stereocenters. The summed E-state index contributed by atoms with van der Waals surface area (Å²) in [4.78, 5) is 10.5. The Labute approximate surface area is 164 Å². The highest BCUT2D eigenvalue weighted by Crippen LogP contribution is 2.41. The molecule has 3 atom stereocenters. The Morgan fingerprint density at radius 1 is 1.17 bits per heavy atom. The quantitative estimate of drug-likeness (QED) is 0.777. The van der Waals surface area contributed by atoms with E-state index in [1.807, 2.05) is 0 Å². The summed E-state index contributed by atoms with van der Waals surface area (Å²) in [6.45, 7) is 0. The van der Waals surface area contributed by atoms with Crippen molar-refractivity contribution in [2.45, 2.75) is 35.3 Å². The largest absolute Gasteiger partial charge is 0.481 e. The van der Waals surface area contributed by atoms with Gasteiger partial charge in [-0.05, 0) is 36.6 Å². The molecule has 1 aromatic carbocycles. The van der Waals surface area contributed by atoms with E-state index in [2.05, 4.69) is 10.2 Å². The molecule has 1 N–H and O–H groups in total. The number of hydrogen-bond donors (Lipinski definition) is 1. The van der Waals surface area contributed by atoms with Gasteiger partial charge in [-0.2, -0.15) is 23.4 Å². The van der Waals surface area contributed by atoms with E-state index >= 15 is 0 Å². The topological polar surface area (TPSA) is 106 Å². The number of alkyl halides is 3. The molecule has 156 valence electrons. The van der Waals surface area contributed by atoms with Crippen molar-refractivity contribution in [2.75, 3.05) is 7.11 Å². The first-order valence-electron chi connectivity index (χ1n) is 8.53. The lowest BCUT2D eigenvalue weighted by molar-refractivity contribution is -0.145. The van der Waals surface area contributed by atoms with Crippen molar-refractivity contribution in [2.24, 2.45) is 5.92 Å². The van der Waals surface area contributed by atoms with Crippen LogP contribution in [0.5, 0.6) is 0 Å². The number of aliphatic carboxylic acids is 1. The molecule has 1 saturated carbocycles. The van der Waals surface area contributed by atoms with Crippen LogP contribution in [0.2, 0.25) is 0 Å². The Morgan fingerprint density at radius 3 is 2.41 bits per heavy atom. The Hall–Kier alpha value is -2.53. The molecule has 0 amide bonds. The van der Waals surface area contributed by atoms with Crippen LogP contribution in [0, 0.1) is 5.92 Å². The molecule has 29 heavy (non-hydrogen) atoms. The molecule has 0 radical (unpaired) electrons. The number of carboxylic acids is 1. The Morgan fingerprint density at radius 2 is 1.90 bits per heavy atom. The monoisotopic (exact) mass is 430 g/mol. The average molecular weight is 430 g/mol. The lowest BCUT2D eigenvalue weighted by Gasteiger charge is -2.18. The van der Waals surface area contributed by atoms with Crippen LogP contribution in [0.4, 0.5) is 13.2 Å². The number of carboxylic acid groups (broad SMARTS) is 1. The van der Waals surface area contributed by atoms with Crippen LogP contribution in [-0.4, -0.2) is 48.2 Å². The minimum Gasteiger partial charge on any atom is -0.481 e. The standard InChI is InChI=1S/C18H17F3N2O5S/c1-28-15-8-12(7-13(15)17(24)25)29(26,27)16-3-2-10(6-14(16)18(19,20)21)11-4-5-22-23-9-11/h2-6,9,12-13,15H,7-8H2,1H3,(H,24,25)/t12-,13-,15-/m0/s1. The van der Waals surface area contributed by atoms with Gasteiger partial charge >= 0.3 is 12.1 Å². The second-order valence-corrected chi connectivity index (χ2v) is 8.89. The first-order chi connectivity index (χ1) is 13.6. The molecular weight excluding hydrogens is 413 g/mol. The zero-order valence-corrected chi connectivity index (χ0v) is 15.9. The fourth-order valence-corrected chi connectivity index (χ4v) is 5.55. The Balaban J connectivity index is 2.06. The summed E-state index contributed by atoms with van der Waals surface area (Å²) in [5.74, 6) is -2.34. The molecular formula is C18H17F3N2O5S. The predicted molar refractivity (Wildman–Crippen MR) is 94.6 cm³/mol. The van der Waals surface area contributed by atoms with Gasteiger partial charge in [0.25, 0.3) is 0 Å². The molecule has 0 saturated heterocycles. The number of aromatic nitrogens is 2. The van der Waals surface area contributed by atoms with E-state index in [-0.39, 0.29) is 18.4 Å². The molecule has 1 aliphatic rings. The zero-order valence-electron chi connectivity index (χ0n) is 15.1. The smallest absolute Gasteiger partial charge is 0.417 e. The molecule has 2 aromatic rings. The summed E-state index contributed by atoms with van der Waals surface area (Å²) < 4.78 is 72.2. The first-order valence-corrected chi connectivity index (χ1v) is 10.1. The minimum absolute atomic E-state index is 0.135. The van der Waals surface area contributed by atoms with Crippen LogP contribution in [0.3, 0.4) is 0 Å². The molecule has 3 rings (SSSR count). The van der Waals surface area contributed by atoms with Crippen LogP contribution < -0.4 is 0 Å². The number of rotatable bonds is 5. The number of hydrogen-bond acceptors (Lipinski definition) is 6. The van der Waals surface area contributed by atoms with E-state index in [0.717, 1.165) is 12.1 Å². The Kier molecular flexibility index (Phi) is 5.63. The van der Waals surface area contributed by atoms with Gasteiger partial charge in [-0.3, -0.25) is 4.79 Å². The van der Waals surface area contributed by atoms with E-state index in [1.165, 1.54) is 31.6 Å². The highest BCUT2D eigenvalue weighted by molar-refractivity contribution is 7.92. The molecule has 0 bridgehead atoms. The van der Waals surface area contributed by atoms with Crippen molar-refractivity contribution in [3.05, 3.63) is 42.2 Å². The summed E-state index contributed by atoms with van der Waals surface area (Å²) in [5, 5.41) is 15.1. The molecule has 11 heteroatoms. The zero-order chi connectivity index (χ0) is 21.4. The third-order valence-electron chi connectivity index (χ3n) is 5.03. The minimum atomic E-state index is -4.93. The van der Waals surface area contributed by atoms with E-state index in [1.54, 1.807) is 0 Å². The lowest BCUT2D eigenvalue weighted by Crippen LogP contribution is -2.24. The lowest BCUT2D eigenvalue weighted by atomic mass is 10.0. The normalized spacial score (nSPS) is 22.6. The molecule has 1 heterocycles. The van der Waals surface area contributed by atoms with Gasteiger partial charge in [0.15, 0.2) is 9.84 Å². The van der Waals surface area contributed by atoms with Crippen molar-refractivity contribution in [1.29, 1.82) is 0 Å². The highest BCUT2D eigenvalue weighted by atomic mass is 32.2.